The van der Waals surface area contributed by atoms with Crippen LogP contribution in [0.25, 0.3) is 0 Å². The fraction of sp³-hybridized carbons (Fsp3) is 0.785. The highest BCUT2D eigenvalue weighted by molar-refractivity contribution is 5.93. The van der Waals surface area contributed by atoms with Crippen molar-refractivity contribution in [3.8, 4) is 0 Å². The molecule has 17 unspecified atom stereocenters. The first kappa shape index (κ1) is 119. The largest absolute Gasteiger partial charge is 0.479 e. The number of H-pyrrole nitrogens is 4. The summed E-state index contributed by atoms with van der Waals surface area (Å²) in [6.45, 7) is 0.480. The standard InChI is InChI=1S/C93H146N18O39/c1-47-71(119)74(122)76(124)89(141-47)148-78-55(98-83(128)57-35-65(115)104-91(134)100-57)31-51(81(126)96-19-11-9-17-94)33-59(78)145-87-70(80(73(121)64(42-112)147-87)144-62(86(132)133)30-50-15-7-4-8-16-50)103-68(118)41-111-39-54(107-109-111)44-140-28-26-138-24-22-136-21-23-137-25-27-139-43-53-38-110(108-106-53)40-67(117)102-69-63(143-61(85(130)131)29-49-13-5-3-6-14-49)37-93(45-113,46-114)150-88(69)146-60-34-52(82(127)97-20-12-10-18-95)32-56(99-84(129)58-36-66(116)105-92(135)101-58)79(60)149-90-77(125)75(123)72(120)48(2)142-90/h35-36,38-39,47-52,55-56,59-64,69-80,87-90,112-114,119-125H,3-34,37,40-46,94-95H2,1-2H3,(H,96,126)(H,97,127)(H,98,128)(H,99,129)(H,102,117)(H,103,118)(H,130,131)(H,132,133)(H2,100,104,115,134)(H2,101,105,116,135)/t47?,48?,51?,52?,55?,56?,59-,60-,61+,62+,63?,64?,69?,70?,71-,72-,73+,74?,75?,76?,77?,78?,79?,80?,87-,88-,89+,90+/m1/s1. The number of nitrogens with one attached hydrogen (secondary N) is 10. The molecule has 57 heteroatoms. The lowest BCUT2D eigenvalue weighted by atomic mass is 9.80. The van der Waals surface area contributed by atoms with E-state index < -0.39 is 297 Å². The Bertz CT molecular complexity index is 5100. The zero-order chi connectivity index (χ0) is 108. The maximum Gasteiger partial charge on any atom is 0.332 e. The molecule has 8 aliphatic rings. The van der Waals surface area contributed by atoms with Crippen LogP contribution in [0.1, 0.15) is 181 Å². The van der Waals surface area contributed by atoms with Crippen molar-refractivity contribution in [1.29, 1.82) is 0 Å². The van der Waals surface area contributed by atoms with Gasteiger partial charge in [-0.2, -0.15) is 0 Å². The number of ether oxygens (including phenoxy) is 15. The van der Waals surface area contributed by atoms with Crippen molar-refractivity contribution in [2.24, 2.45) is 35.1 Å². The average Bonchev–Trinajstić information content (AvgIpc) is 0.963. The molecule has 4 aliphatic heterocycles. The van der Waals surface area contributed by atoms with Gasteiger partial charge >= 0.3 is 23.3 Å². The summed E-state index contributed by atoms with van der Waals surface area (Å²) in [6, 6.07) is -4.56. The lowest BCUT2D eigenvalue weighted by molar-refractivity contribution is -0.339. The van der Waals surface area contributed by atoms with Crippen molar-refractivity contribution < 1.29 is 171 Å². The maximum atomic E-state index is 14.7. The van der Waals surface area contributed by atoms with E-state index in [1.165, 1.54) is 30.9 Å². The molecule has 8 heterocycles. The second kappa shape index (κ2) is 58.6. The monoisotopic (exact) mass is 2140 g/mol. The van der Waals surface area contributed by atoms with Gasteiger partial charge in [-0.05, 0) is 103 Å². The highest BCUT2D eigenvalue weighted by Crippen LogP contribution is 2.42. The molecule has 6 amide bonds. The van der Waals surface area contributed by atoms with E-state index >= 15 is 0 Å². The fourth-order valence-corrected chi connectivity index (χ4v) is 19.9. The maximum absolute atomic E-state index is 14.7. The van der Waals surface area contributed by atoms with Gasteiger partial charge in [0.25, 0.3) is 22.9 Å². The van der Waals surface area contributed by atoms with Crippen LogP contribution in [0.3, 0.4) is 0 Å². The third-order valence-corrected chi connectivity index (χ3v) is 27.9. The number of nitrogens with zero attached hydrogens (tertiary/aromatic N) is 6. The Balaban J connectivity index is 0.634. The molecule has 4 saturated carbocycles. The number of carboxylic acids is 2. The second-order valence-corrected chi connectivity index (χ2v) is 39.2. The number of aliphatic hydroxyl groups is 10. The van der Waals surface area contributed by atoms with Crippen LogP contribution in [0.15, 0.2) is 43.7 Å². The molecule has 0 radical (unpaired) electrons. The smallest absolute Gasteiger partial charge is 0.332 e. The Labute approximate surface area is 859 Å². The molecule has 0 bridgehead atoms. The van der Waals surface area contributed by atoms with Gasteiger partial charge in [-0.25, -0.2) is 28.5 Å². The van der Waals surface area contributed by atoms with Crippen LogP contribution in [0.2, 0.25) is 0 Å². The number of aliphatic hydroxyl groups excluding tert-OH is 10. The summed E-state index contributed by atoms with van der Waals surface area (Å²) in [4.78, 5) is 171. The third kappa shape index (κ3) is 34.2. The molecule has 28 atom stereocenters. The van der Waals surface area contributed by atoms with E-state index in [4.69, 9.17) is 82.5 Å². The van der Waals surface area contributed by atoms with E-state index in [0.717, 1.165) is 55.3 Å². The van der Waals surface area contributed by atoms with E-state index in [-0.39, 0.29) is 141 Å². The van der Waals surface area contributed by atoms with Crippen molar-refractivity contribution in [2.45, 2.75) is 340 Å². The van der Waals surface area contributed by atoms with Gasteiger partial charge in [0.1, 0.15) is 121 Å². The molecule has 12 rings (SSSR count). The number of hydrogen-bond donors (Lipinski definition) is 24. The summed E-state index contributed by atoms with van der Waals surface area (Å²) < 4.78 is 95.0. The van der Waals surface area contributed by atoms with Gasteiger partial charge in [0.05, 0.1) is 141 Å². The summed E-state index contributed by atoms with van der Waals surface area (Å²) >= 11 is 0. The number of unbranched alkanes of at least 4 members (excludes halogenated alkanes) is 2. The number of aliphatic carboxylic acids is 2. The summed E-state index contributed by atoms with van der Waals surface area (Å²) in [5, 5.41) is 166. The number of carboxylic acid groups (broad SMARTS) is 2. The van der Waals surface area contributed by atoms with E-state index in [2.05, 4.69) is 62.5 Å². The number of hydrogen-bond acceptors (Lipinski definition) is 43. The highest BCUT2D eigenvalue weighted by Gasteiger charge is 2.58. The molecule has 4 aromatic rings. The van der Waals surface area contributed by atoms with E-state index in [0.29, 0.717) is 64.5 Å². The number of nitrogens with two attached hydrogens (primary N) is 2. The van der Waals surface area contributed by atoms with Gasteiger partial charge in [0.15, 0.2) is 37.4 Å². The van der Waals surface area contributed by atoms with Crippen LogP contribution in [0, 0.1) is 23.7 Å². The van der Waals surface area contributed by atoms with Gasteiger partial charge in [0.2, 0.25) is 23.6 Å². The number of aromatic amines is 4. The highest BCUT2D eigenvalue weighted by atomic mass is 16.8. The molecule has 57 nitrogen and oxygen atoms in total. The quantitative estimate of drug-likeness (QED) is 0.0183. The van der Waals surface area contributed by atoms with Crippen LogP contribution in [0.4, 0.5) is 0 Å². The molecule has 842 valence electrons. The van der Waals surface area contributed by atoms with E-state index in [1.54, 1.807) is 0 Å². The Kier molecular flexibility index (Phi) is 46.4. The number of aromatic nitrogens is 10. The molecule has 26 N–H and O–H groups in total. The van der Waals surface area contributed by atoms with Crippen LogP contribution < -0.4 is 65.9 Å². The van der Waals surface area contributed by atoms with Crippen LogP contribution in [-0.2, 0) is 126 Å². The third-order valence-electron chi connectivity index (χ3n) is 27.9. The molecule has 4 aliphatic carbocycles. The van der Waals surface area contributed by atoms with E-state index in [1.807, 2.05) is 9.97 Å². The van der Waals surface area contributed by atoms with Crippen LogP contribution >= 0.6 is 0 Å². The zero-order valence-corrected chi connectivity index (χ0v) is 83.6. The predicted molar refractivity (Wildman–Crippen MR) is 509 cm³/mol. The fourth-order valence-electron chi connectivity index (χ4n) is 19.9. The summed E-state index contributed by atoms with van der Waals surface area (Å²) in [5.41, 5.74) is 4.93. The number of rotatable bonds is 57. The minimum Gasteiger partial charge on any atom is -0.479 e. The molecule has 0 aromatic carbocycles. The van der Waals surface area contributed by atoms with Crippen LogP contribution in [0.5, 0.6) is 0 Å². The molecular formula is C93H146N18O39. The Morgan fingerprint density at radius 3 is 1.31 bits per heavy atom. The van der Waals surface area contributed by atoms with Crippen molar-refractivity contribution in [2.75, 3.05) is 98.9 Å². The number of amides is 6. The lowest BCUT2D eigenvalue weighted by Gasteiger charge is -2.50. The van der Waals surface area contributed by atoms with Crippen molar-refractivity contribution >= 4 is 47.4 Å². The second-order valence-electron chi connectivity index (χ2n) is 39.2. The van der Waals surface area contributed by atoms with Gasteiger partial charge in [0, 0.05) is 43.5 Å². The van der Waals surface area contributed by atoms with Gasteiger partial charge in [-0.15, -0.1) is 10.2 Å². The molecular weight excluding hydrogens is 1990 g/mol. The molecule has 4 saturated heterocycles. The summed E-state index contributed by atoms with van der Waals surface area (Å²) in [7, 11) is 0. The minimum atomic E-state index is -2.01. The van der Waals surface area contributed by atoms with Crippen molar-refractivity contribution in [3.63, 3.8) is 0 Å². The molecule has 0 spiro atoms. The van der Waals surface area contributed by atoms with Crippen molar-refractivity contribution in [1.82, 2.24) is 81.8 Å². The zero-order valence-electron chi connectivity index (χ0n) is 83.6. The first-order valence-electron chi connectivity index (χ1n) is 51.2. The van der Waals surface area contributed by atoms with Crippen molar-refractivity contribution in [3.05, 3.63) is 89.0 Å². The Morgan fingerprint density at radius 1 is 0.473 bits per heavy atom. The van der Waals surface area contributed by atoms with Crippen LogP contribution in [-0.4, -0.2) is 422 Å². The lowest BCUT2D eigenvalue weighted by Crippen LogP contribution is -2.68. The topological polar surface area (TPSA) is 835 Å². The van der Waals surface area contributed by atoms with Gasteiger partial charge in [-0.3, -0.25) is 48.3 Å². The SMILES string of the molecule is CC1O[C@@H](OC2C(NC(=O)c3cc(=O)[nH]c(=O)[nH]3)CC(C(=O)NCCCCN)C[C@H]2O[C@@H]2OC(CO)(CO)CC(O[C@@H](CC3CCCCC3)C(=O)O)C2NC(=O)Cn2cc(COCCOCCOCCOCCOCc3cn(CC(=O)NC4C(O[C@@H](CC5CCCCC5)C(=O)O)[C@@H](O)C(CO)O[C@H]4O[C@@H]4CC(C(=O)NCCCCN)CC(NC(=O)c5cc(=O)[nH]c(=O)[nH]5)C4O[C@@H]4OC(C)[C@@H](O)C(O)C4O)nn3)nn2)C(O)C(O)[C@@H]1O. The van der Waals surface area contributed by atoms with Gasteiger partial charge < -0.3 is 186 Å². The molecule has 4 aromatic heterocycles. The average molecular weight is 2140 g/mol. The Morgan fingerprint density at radius 2 is 0.893 bits per heavy atom. The van der Waals surface area contributed by atoms with E-state index in [9.17, 15) is 119 Å². The molecule has 8 fully saturated rings. The predicted octanol–water partition coefficient (Wildman–Crippen LogP) is -8.14. The molecule has 150 heavy (non-hydrogen) atoms. The first-order chi connectivity index (χ1) is 72.0. The minimum absolute atomic E-state index is 0.0181. The normalized spacial score (nSPS) is 30.3. The number of carbonyl (C=O) groups excluding carboxylic acids is 6. The number of carbonyl (C=O) groups is 8. The summed E-state index contributed by atoms with van der Waals surface area (Å²) in [6.07, 6.45) is -25.9. The van der Waals surface area contributed by atoms with Gasteiger partial charge in [-0.1, -0.05) is 74.6 Å². The summed E-state index contributed by atoms with van der Waals surface area (Å²) in [5.74, 6) is -10.2. The Hall–Kier alpha value is -9.68. The first-order valence-corrected chi connectivity index (χ1v) is 51.2.